The quantitative estimate of drug-likeness (QED) is 0.871. The largest absolute Gasteiger partial charge is 0.395 e. The van der Waals surface area contributed by atoms with Crippen LogP contribution in [0.3, 0.4) is 0 Å². The molecule has 18 heavy (non-hydrogen) atoms. The number of nitrogens with zero attached hydrogens (tertiary/aromatic N) is 1. The Bertz CT molecular complexity index is 393. The van der Waals surface area contributed by atoms with Gasteiger partial charge in [0.1, 0.15) is 0 Å². The van der Waals surface area contributed by atoms with Gasteiger partial charge < -0.3 is 14.7 Å². The Labute approximate surface area is 107 Å². The van der Waals surface area contributed by atoms with Gasteiger partial charge in [0.05, 0.1) is 31.8 Å². The molecule has 1 saturated heterocycles. The number of carbonyl (C=O) groups excluding carboxylic acids is 1. The second-order valence-corrected chi connectivity index (χ2v) is 4.72. The predicted molar refractivity (Wildman–Crippen MR) is 67.8 cm³/mol. The van der Waals surface area contributed by atoms with Crippen molar-refractivity contribution in [1.82, 2.24) is 4.90 Å². The maximum absolute atomic E-state index is 12.3. The Morgan fingerprint density at radius 1 is 1.33 bits per heavy atom. The standard InChI is InChI=1S/C14H19NO3/c1-11-9-18-10-13(8-16)14(17)15(11)7-12-5-3-2-4-6-12/h2-6,11,13,16H,7-10H2,1H3/t11-,13-/m0/s1. The molecule has 1 aromatic rings. The first kappa shape index (κ1) is 13.1. The molecule has 0 bridgehead atoms. The minimum Gasteiger partial charge on any atom is -0.395 e. The first-order chi connectivity index (χ1) is 8.72. The Kier molecular flexibility index (Phi) is 4.33. The zero-order valence-electron chi connectivity index (χ0n) is 10.6. The summed E-state index contributed by atoms with van der Waals surface area (Å²) in [7, 11) is 0. The van der Waals surface area contributed by atoms with Gasteiger partial charge >= 0.3 is 0 Å². The van der Waals surface area contributed by atoms with Crippen LogP contribution in [0, 0.1) is 5.92 Å². The lowest BCUT2D eigenvalue weighted by atomic mass is 10.1. The van der Waals surface area contributed by atoms with Crippen LogP contribution in [0.1, 0.15) is 12.5 Å². The lowest BCUT2D eigenvalue weighted by Crippen LogP contribution is -2.42. The first-order valence-electron chi connectivity index (χ1n) is 6.25. The summed E-state index contributed by atoms with van der Waals surface area (Å²) in [4.78, 5) is 14.1. The summed E-state index contributed by atoms with van der Waals surface area (Å²) in [5, 5.41) is 9.23. The molecule has 0 radical (unpaired) electrons. The van der Waals surface area contributed by atoms with Crippen molar-refractivity contribution in [3.63, 3.8) is 0 Å². The highest BCUT2D eigenvalue weighted by atomic mass is 16.5. The summed E-state index contributed by atoms with van der Waals surface area (Å²) < 4.78 is 5.43. The van der Waals surface area contributed by atoms with Crippen molar-refractivity contribution in [1.29, 1.82) is 0 Å². The topological polar surface area (TPSA) is 49.8 Å². The molecule has 2 atom stereocenters. The molecule has 0 saturated carbocycles. The van der Waals surface area contributed by atoms with Crippen LogP contribution in [0.2, 0.25) is 0 Å². The van der Waals surface area contributed by atoms with E-state index < -0.39 is 5.92 Å². The fourth-order valence-corrected chi connectivity index (χ4v) is 2.14. The van der Waals surface area contributed by atoms with E-state index in [1.807, 2.05) is 37.3 Å². The molecule has 1 aromatic carbocycles. The van der Waals surface area contributed by atoms with Gasteiger partial charge in [0, 0.05) is 6.54 Å². The number of ether oxygens (including phenoxy) is 1. The highest BCUT2D eigenvalue weighted by molar-refractivity contribution is 5.79. The lowest BCUT2D eigenvalue weighted by Gasteiger charge is -2.28. The van der Waals surface area contributed by atoms with Crippen LogP contribution < -0.4 is 0 Å². The zero-order chi connectivity index (χ0) is 13.0. The molecule has 4 nitrogen and oxygen atoms in total. The van der Waals surface area contributed by atoms with Gasteiger partial charge in [-0.25, -0.2) is 0 Å². The molecule has 98 valence electrons. The maximum Gasteiger partial charge on any atom is 0.230 e. The fourth-order valence-electron chi connectivity index (χ4n) is 2.14. The van der Waals surface area contributed by atoms with E-state index in [4.69, 9.17) is 4.74 Å². The zero-order valence-corrected chi connectivity index (χ0v) is 10.6. The minimum atomic E-state index is -0.432. The summed E-state index contributed by atoms with van der Waals surface area (Å²) in [5.74, 6) is -0.454. The Hall–Kier alpha value is -1.39. The molecular formula is C14H19NO3. The van der Waals surface area contributed by atoms with Crippen molar-refractivity contribution in [3.8, 4) is 0 Å². The van der Waals surface area contributed by atoms with E-state index in [2.05, 4.69) is 0 Å². The molecule has 1 aliphatic rings. The molecule has 4 heteroatoms. The number of amides is 1. The van der Waals surface area contributed by atoms with Gasteiger partial charge in [0.15, 0.2) is 0 Å². The van der Waals surface area contributed by atoms with E-state index in [9.17, 15) is 9.90 Å². The van der Waals surface area contributed by atoms with Crippen LogP contribution in [0.15, 0.2) is 30.3 Å². The van der Waals surface area contributed by atoms with Gasteiger partial charge in [-0.2, -0.15) is 0 Å². The second kappa shape index (κ2) is 5.98. The maximum atomic E-state index is 12.3. The summed E-state index contributed by atoms with van der Waals surface area (Å²) in [6, 6.07) is 9.91. The van der Waals surface area contributed by atoms with Crippen LogP contribution in [0.25, 0.3) is 0 Å². The number of rotatable bonds is 3. The monoisotopic (exact) mass is 249 g/mol. The van der Waals surface area contributed by atoms with Gasteiger partial charge in [0.25, 0.3) is 0 Å². The van der Waals surface area contributed by atoms with E-state index in [1.54, 1.807) is 4.90 Å². The summed E-state index contributed by atoms with van der Waals surface area (Å²) in [6.07, 6.45) is 0. The molecule has 1 aliphatic heterocycles. The third-order valence-corrected chi connectivity index (χ3v) is 3.26. The van der Waals surface area contributed by atoms with Crippen molar-refractivity contribution in [2.75, 3.05) is 19.8 Å². The third-order valence-electron chi connectivity index (χ3n) is 3.26. The van der Waals surface area contributed by atoms with Crippen LogP contribution in [-0.2, 0) is 16.1 Å². The van der Waals surface area contributed by atoms with Crippen molar-refractivity contribution >= 4 is 5.91 Å². The number of aliphatic hydroxyl groups excluding tert-OH is 1. The average molecular weight is 249 g/mol. The van der Waals surface area contributed by atoms with Crippen molar-refractivity contribution < 1.29 is 14.6 Å². The fraction of sp³-hybridized carbons (Fsp3) is 0.500. The van der Waals surface area contributed by atoms with Crippen molar-refractivity contribution in [2.24, 2.45) is 5.92 Å². The number of hydrogen-bond donors (Lipinski definition) is 1. The Morgan fingerprint density at radius 3 is 2.72 bits per heavy atom. The molecule has 0 aromatic heterocycles. The van der Waals surface area contributed by atoms with Crippen molar-refractivity contribution in [3.05, 3.63) is 35.9 Å². The first-order valence-corrected chi connectivity index (χ1v) is 6.25. The predicted octanol–water partition coefficient (Wildman–Crippen LogP) is 1.04. The second-order valence-electron chi connectivity index (χ2n) is 4.72. The molecule has 0 aliphatic carbocycles. The smallest absolute Gasteiger partial charge is 0.230 e. The highest BCUT2D eigenvalue weighted by Gasteiger charge is 2.30. The van der Waals surface area contributed by atoms with Gasteiger partial charge in [-0.3, -0.25) is 4.79 Å². The van der Waals surface area contributed by atoms with Gasteiger partial charge in [-0.1, -0.05) is 30.3 Å². The van der Waals surface area contributed by atoms with Crippen LogP contribution >= 0.6 is 0 Å². The van der Waals surface area contributed by atoms with E-state index in [0.717, 1.165) is 5.56 Å². The molecule has 1 N–H and O–H groups in total. The molecule has 1 fully saturated rings. The number of aliphatic hydroxyl groups is 1. The SMILES string of the molecule is C[C@H]1COC[C@H](CO)C(=O)N1Cc1ccccc1. The van der Waals surface area contributed by atoms with E-state index in [0.29, 0.717) is 19.8 Å². The minimum absolute atomic E-state index is 0.0219. The third kappa shape index (κ3) is 2.89. The molecular weight excluding hydrogens is 230 g/mol. The van der Waals surface area contributed by atoms with E-state index in [1.165, 1.54) is 0 Å². The van der Waals surface area contributed by atoms with Crippen LogP contribution in [-0.4, -0.2) is 41.8 Å². The van der Waals surface area contributed by atoms with Gasteiger partial charge in [-0.15, -0.1) is 0 Å². The van der Waals surface area contributed by atoms with Crippen LogP contribution in [0.4, 0.5) is 0 Å². The molecule has 0 unspecified atom stereocenters. The normalized spacial score (nSPS) is 25.0. The average Bonchev–Trinajstić information content (AvgIpc) is 2.53. The number of benzene rings is 1. The Balaban J connectivity index is 2.14. The van der Waals surface area contributed by atoms with Crippen LogP contribution in [0.5, 0.6) is 0 Å². The summed E-state index contributed by atoms with van der Waals surface area (Å²) in [5.41, 5.74) is 1.09. The molecule has 1 heterocycles. The van der Waals surface area contributed by atoms with Gasteiger partial charge in [0.2, 0.25) is 5.91 Å². The molecule has 2 rings (SSSR count). The lowest BCUT2D eigenvalue weighted by molar-refractivity contribution is -0.138. The molecule has 1 amide bonds. The number of hydrogen-bond acceptors (Lipinski definition) is 3. The summed E-state index contributed by atoms with van der Waals surface area (Å²) >= 11 is 0. The number of carbonyl (C=O) groups is 1. The highest BCUT2D eigenvalue weighted by Crippen LogP contribution is 2.16. The van der Waals surface area contributed by atoms with E-state index >= 15 is 0 Å². The van der Waals surface area contributed by atoms with Crippen molar-refractivity contribution in [2.45, 2.75) is 19.5 Å². The van der Waals surface area contributed by atoms with E-state index in [-0.39, 0.29) is 18.6 Å². The van der Waals surface area contributed by atoms with Gasteiger partial charge in [-0.05, 0) is 12.5 Å². The Morgan fingerprint density at radius 2 is 2.06 bits per heavy atom. The summed E-state index contributed by atoms with van der Waals surface area (Å²) in [6.45, 7) is 3.22. The molecule has 0 spiro atoms.